The molecule has 1 aromatic heterocycles. The molecule has 4 nitrogen and oxygen atoms in total. The van der Waals surface area contributed by atoms with E-state index in [-0.39, 0.29) is 12.0 Å². The van der Waals surface area contributed by atoms with Gasteiger partial charge in [-0.25, -0.2) is 0 Å². The summed E-state index contributed by atoms with van der Waals surface area (Å²) >= 11 is 0. The molecular weight excluding hydrogens is 269 g/mol. The van der Waals surface area contributed by atoms with Crippen LogP contribution in [0.25, 0.3) is 0 Å². The standard InChI is InChI=1S/C13H19F3N4/c1-10(12-7-17-3-4-18-12)19-6-11-2-5-20(8-11)9-13(14,15)16/h3-4,7,10-11,19H,2,5-6,8-9H2,1H3. The Morgan fingerprint density at radius 3 is 2.90 bits per heavy atom. The van der Waals surface area contributed by atoms with Crippen LogP contribution >= 0.6 is 0 Å². The van der Waals surface area contributed by atoms with Gasteiger partial charge >= 0.3 is 6.18 Å². The van der Waals surface area contributed by atoms with Crippen LogP contribution in [-0.2, 0) is 0 Å². The third-order valence-corrected chi connectivity index (χ3v) is 3.51. The number of hydrogen-bond donors (Lipinski definition) is 1. The van der Waals surface area contributed by atoms with Crippen molar-refractivity contribution >= 4 is 0 Å². The van der Waals surface area contributed by atoms with Crippen molar-refractivity contribution in [1.82, 2.24) is 20.2 Å². The Bertz CT molecular complexity index is 410. The molecule has 1 aliphatic rings. The number of likely N-dealkylation sites (tertiary alicyclic amines) is 1. The van der Waals surface area contributed by atoms with E-state index in [1.54, 1.807) is 18.6 Å². The summed E-state index contributed by atoms with van der Waals surface area (Å²) in [6, 6.07) is 0.0559. The van der Waals surface area contributed by atoms with Crippen molar-refractivity contribution in [2.24, 2.45) is 5.92 Å². The van der Waals surface area contributed by atoms with Gasteiger partial charge in [-0.3, -0.25) is 14.9 Å². The number of nitrogens with one attached hydrogen (secondary N) is 1. The maximum Gasteiger partial charge on any atom is 0.401 e. The molecular formula is C13H19F3N4. The second-order valence-electron chi connectivity index (χ2n) is 5.27. The van der Waals surface area contributed by atoms with Crippen molar-refractivity contribution in [3.8, 4) is 0 Å². The van der Waals surface area contributed by atoms with Gasteiger partial charge < -0.3 is 5.32 Å². The summed E-state index contributed by atoms with van der Waals surface area (Å²) in [5, 5.41) is 3.31. The largest absolute Gasteiger partial charge is 0.401 e. The van der Waals surface area contributed by atoms with Crippen LogP contribution in [0.15, 0.2) is 18.6 Å². The van der Waals surface area contributed by atoms with Gasteiger partial charge in [0.05, 0.1) is 12.2 Å². The van der Waals surface area contributed by atoms with E-state index >= 15 is 0 Å². The average molecular weight is 288 g/mol. The van der Waals surface area contributed by atoms with Crippen molar-refractivity contribution in [1.29, 1.82) is 0 Å². The van der Waals surface area contributed by atoms with Gasteiger partial charge in [0.15, 0.2) is 0 Å². The van der Waals surface area contributed by atoms with Crippen LogP contribution in [0.1, 0.15) is 25.1 Å². The van der Waals surface area contributed by atoms with E-state index in [1.807, 2.05) is 6.92 Å². The molecule has 0 aliphatic carbocycles. The van der Waals surface area contributed by atoms with Gasteiger partial charge in [0, 0.05) is 31.2 Å². The molecule has 0 saturated carbocycles. The van der Waals surface area contributed by atoms with E-state index in [1.165, 1.54) is 4.90 Å². The minimum atomic E-state index is -4.10. The Labute approximate surface area is 116 Å². The van der Waals surface area contributed by atoms with Gasteiger partial charge in [-0.05, 0) is 32.4 Å². The van der Waals surface area contributed by atoms with Crippen LogP contribution in [0.4, 0.5) is 13.2 Å². The highest BCUT2D eigenvalue weighted by atomic mass is 19.4. The van der Waals surface area contributed by atoms with E-state index < -0.39 is 12.7 Å². The van der Waals surface area contributed by atoms with Crippen LogP contribution in [0.5, 0.6) is 0 Å². The molecule has 0 radical (unpaired) electrons. The maximum absolute atomic E-state index is 12.3. The predicted octanol–water partition coefficient (Wildman–Crippen LogP) is 2.01. The number of halogens is 3. The summed E-state index contributed by atoms with van der Waals surface area (Å²) in [5.74, 6) is 0.261. The van der Waals surface area contributed by atoms with Crippen LogP contribution in [0.2, 0.25) is 0 Å². The highest BCUT2D eigenvalue weighted by molar-refractivity contribution is 5.00. The number of rotatable bonds is 5. The number of hydrogen-bond acceptors (Lipinski definition) is 4. The first-order chi connectivity index (χ1) is 9.44. The van der Waals surface area contributed by atoms with Crippen molar-refractivity contribution in [3.05, 3.63) is 24.3 Å². The zero-order chi connectivity index (χ0) is 14.6. The molecule has 0 amide bonds. The van der Waals surface area contributed by atoms with E-state index in [0.29, 0.717) is 19.6 Å². The van der Waals surface area contributed by atoms with E-state index in [2.05, 4.69) is 15.3 Å². The average Bonchev–Trinajstić information content (AvgIpc) is 2.82. The third-order valence-electron chi connectivity index (χ3n) is 3.51. The van der Waals surface area contributed by atoms with Gasteiger partial charge in [0.2, 0.25) is 0 Å². The first-order valence-electron chi connectivity index (χ1n) is 6.72. The Balaban J connectivity index is 1.73. The fraction of sp³-hybridized carbons (Fsp3) is 0.692. The number of alkyl halides is 3. The Morgan fingerprint density at radius 2 is 2.25 bits per heavy atom. The summed E-state index contributed by atoms with van der Waals surface area (Å²) in [6.45, 7) is 2.90. The first-order valence-corrected chi connectivity index (χ1v) is 6.72. The zero-order valence-electron chi connectivity index (χ0n) is 11.4. The van der Waals surface area contributed by atoms with Gasteiger partial charge in [0.1, 0.15) is 0 Å². The third kappa shape index (κ3) is 4.72. The van der Waals surface area contributed by atoms with E-state index in [9.17, 15) is 13.2 Å². The SMILES string of the molecule is CC(NCC1CCN(CC(F)(F)F)C1)c1cnccn1. The van der Waals surface area contributed by atoms with Crippen molar-refractivity contribution in [2.45, 2.75) is 25.6 Å². The predicted molar refractivity (Wildman–Crippen MR) is 69.1 cm³/mol. The highest BCUT2D eigenvalue weighted by Gasteiger charge is 2.34. The molecule has 0 aromatic carbocycles. The number of nitrogens with zero attached hydrogens (tertiary/aromatic N) is 3. The van der Waals surface area contributed by atoms with E-state index in [4.69, 9.17) is 0 Å². The molecule has 2 atom stereocenters. The smallest absolute Gasteiger partial charge is 0.308 e. The molecule has 2 rings (SSSR count). The first kappa shape index (κ1) is 15.2. The Hall–Kier alpha value is -1.21. The molecule has 2 unspecified atom stereocenters. The van der Waals surface area contributed by atoms with Crippen molar-refractivity contribution in [3.63, 3.8) is 0 Å². The fourth-order valence-electron chi connectivity index (χ4n) is 2.46. The molecule has 7 heteroatoms. The second-order valence-corrected chi connectivity index (χ2v) is 5.27. The highest BCUT2D eigenvalue weighted by Crippen LogP contribution is 2.22. The molecule has 1 N–H and O–H groups in total. The zero-order valence-corrected chi connectivity index (χ0v) is 11.4. The quantitative estimate of drug-likeness (QED) is 0.900. The molecule has 20 heavy (non-hydrogen) atoms. The van der Waals surface area contributed by atoms with Crippen molar-refractivity contribution < 1.29 is 13.2 Å². The molecule has 1 fully saturated rings. The molecule has 1 aromatic rings. The van der Waals surface area contributed by atoms with Crippen LogP contribution in [-0.4, -0.2) is 47.2 Å². The van der Waals surface area contributed by atoms with E-state index in [0.717, 1.165) is 12.1 Å². The Kier molecular flexibility index (Phi) is 4.93. The lowest BCUT2D eigenvalue weighted by Crippen LogP contribution is -2.34. The molecule has 0 spiro atoms. The molecule has 112 valence electrons. The van der Waals surface area contributed by atoms with Gasteiger partial charge in [-0.15, -0.1) is 0 Å². The lowest BCUT2D eigenvalue weighted by Gasteiger charge is -2.19. The molecule has 2 heterocycles. The Morgan fingerprint density at radius 1 is 1.45 bits per heavy atom. The topological polar surface area (TPSA) is 41.0 Å². The summed E-state index contributed by atoms with van der Waals surface area (Å²) in [7, 11) is 0. The summed E-state index contributed by atoms with van der Waals surface area (Å²) in [5.41, 5.74) is 0.845. The lowest BCUT2D eigenvalue weighted by atomic mass is 10.1. The van der Waals surface area contributed by atoms with Crippen LogP contribution < -0.4 is 5.32 Å². The lowest BCUT2D eigenvalue weighted by molar-refractivity contribution is -0.143. The normalized spacial score (nSPS) is 22.1. The maximum atomic E-state index is 12.3. The minimum Gasteiger partial charge on any atom is -0.308 e. The van der Waals surface area contributed by atoms with Crippen LogP contribution in [0, 0.1) is 5.92 Å². The molecule has 1 saturated heterocycles. The molecule has 1 aliphatic heterocycles. The van der Waals surface area contributed by atoms with Crippen LogP contribution in [0.3, 0.4) is 0 Å². The fourth-order valence-corrected chi connectivity index (χ4v) is 2.46. The summed E-state index contributed by atoms with van der Waals surface area (Å²) in [6.07, 6.45) is 1.64. The van der Waals surface area contributed by atoms with Crippen molar-refractivity contribution in [2.75, 3.05) is 26.2 Å². The van der Waals surface area contributed by atoms with Gasteiger partial charge in [0.25, 0.3) is 0 Å². The molecule has 0 bridgehead atoms. The summed E-state index contributed by atoms with van der Waals surface area (Å²) < 4.78 is 36.9. The monoisotopic (exact) mass is 288 g/mol. The van der Waals surface area contributed by atoms with Gasteiger partial charge in [-0.1, -0.05) is 0 Å². The minimum absolute atomic E-state index is 0.0559. The number of aromatic nitrogens is 2. The summed E-state index contributed by atoms with van der Waals surface area (Å²) in [4.78, 5) is 9.68. The van der Waals surface area contributed by atoms with Gasteiger partial charge in [-0.2, -0.15) is 13.2 Å². The second kappa shape index (κ2) is 6.49.